The molecule has 0 bridgehead atoms. The van der Waals surface area contributed by atoms with Gasteiger partial charge in [0.25, 0.3) is 0 Å². The van der Waals surface area contributed by atoms with E-state index in [-0.39, 0.29) is 17.9 Å². The van der Waals surface area contributed by atoms with E-state index in [1.165, 1.54) is 0 Å². The topological polar surface area (TPSA) is 49.3 Å². The highest BCUT2D eigenvalue weighted by atomic mass is 35.5. The second kappa shape index (κ2) is 6.40. The highest BCUT2D eigenvalue weighted by Crippen LogP contribution is 2.36. The second-order valence-corrected chi connectivity index (χ2v) is 5.89. The number of aliphatic hydroxyl groups is 1. The maximum atomic E-state index is 11.9. The average Bonchev–Trinajstić information content (AvgIpc) is 2.86. The zero-order chi connectivity index (χ0) is 13.7. The first-order chi connectivity index (χ1) is 9.13. The SMILES string of the molecule is O=C(Cc1cccc(Cl)c1)NCC1(CO)CCCC1. The van der Waals surface area contributed by atoms with E-state index < -0.39 is 0 Å². The molecule has 1 aliphatic rings. The van der Waals surface area contributed by atoms with Gasteiger partial charge in [-0.2, -0.15) is 0 Å². The highest BCUT2D eigenvalue weighted by Gasteiger charge is 2.33. The van der Waals surface area contributed by atoms with E-state index in [2.05, 4.69) is 5.32 Å². The van der Waals surface area contributed by atoms with E-state index in [1.54, 1.807) is 12.1 Å². The first kappa shape index (κ1) is 14.4. The number of benzene rings is 1. The number of halogens is 1. The molecule has 0 unspecified atom stereocenters. The van der Waals surface area contributed by atoms with E-state index in [0.717, 1.165) is 31.2 Å². The van der Waals surface area contributed by atoms with Crippen LogP contribution in [-0.2, 0) is 11.2 Å². The van der Waals surface area contributed by atoms with Gasteiger partial charge in [0, 0.05) is 17.0 Å². The second-order valence-electron chi connectivity index (χ2n) is 5.45. The summed E-state index contributed by atoms with van der Waals surface area (Å²) >= 11 is 5.89. The van der Waals surface area contributed by atoms with Crippen LogP contribution in [0.25, 0.3) is 0 Å². The Morgan fingerprint density at radius 1 is 1.37 bits per heavy atom. The Labute approximate surface area is 119 Å². The van der Waals surface area contributed by atoms with E-state index in [4.69, 9.17) is 11.6 Å². The van der Waals surface area contributed by atoms with E-state index in [0.29, 0.717) is 18.0 Å². The van der Waals surface area contributed by atoms with Crippen LogP contribution in [0.5, 0.6) is 0 Å². The zero-order valence-corrected chi connectivity index (χ0v) is 11.7. The molecule has 0 atom stereocenters. The number of rotatable bonds is 5. The fourth-order valence-corrected chi connectivity index (χ4v) is 2.91. The lowest BCUT2D eigenvalue weighted by molar-refractivity contribution is -0.121. The van der Waals surface area contributed by atoms with Crippen LogP contribution in [0.3, 0.4) is 0 Å². The van der Waals surface area contributed by atoms with Gasteiger partial charge in [-0.15, -0.1) is 0 Å². The average molecular weight is 282 g/mol. The summed E-state index contributed by atoms with van der Waals surface area (Å²) < 4.78 is 0. The molecule has 0 aromatic heterocycles. The molecule has 2 rings (SSSR count). The zero-order valence-electron chi connectivity index (χ0n) is 11.0. The van der Waals surface area contributed by atoms with Crippen LogP contribution in [0.2, 0.25) is 5.02 Å². The number of aliphatic hydroxyl groups excluding tert-OH is 1. The molecule has 0 heterocycles. The molecule has 0 aliphatic heterocycles. The summed E-state index contributed by atoms with van der Waals surface area (Å²) in [5.41, 5.74) is 0.818. The van der Waals surface area contributed by atoms with Gasteiger partial charge in [-0.05, 0) is 30.5 Å². The quantitative estimate of drug-likeness (QED) is 0.871. The molecule has 1 saturated carbocycles. The Morgan fingerprint density at radius 3 is 2.74 bits per heavy atom. The van der Waals surface area contributed by atoms with Gasteiger partial charge in [0.05, 0.1) is 13.0 Å². The van der Waals surface area contributed by atoms with Crippen molar-refractivity contribution in [2.45, 2.75) is 32.1 Å². The molecule has 4 heteroatoms. The molecular weight excluding hydrogens is 262 g/mol. The lowest BCUT2D eigenvalue weighted by Gasteiger charge is -2.26. The summed E-state index contributed by atoms with van der Waals surface area (Å²) in [5, 5.41) is 13.1. The molecule has 3 nitrogen and oxygen atoms in total. The summed E-state index contributed by atoms with van der Waals surface area (Å²) in [4.78, 5) is 11.9. The van der Waals surface area contributed by atoms with Crippen molar-refractivity contribution in [1.82, 2.24) is 5.32 Å². The Bertz CT molecular complexity index is 442. The lowest BCUT2D eigenvalue weighted by atomic mass is 9.87. The van der Waals surface area contributed by atoms with E-state index in [1.807, 2.05) is 12.1 Å². The van der Waals surface area contributed by atoms with Crippen LogP contribution >= 0.6 is 11.6 Å². The van der Waals surface area contributed by atoms with Gasteiger partial charge >= 0.3 is 0 Å². The van der Waals surface area contributed by atoms with Crippen LogP contribution in [0.4, 0.5) is 0 Å². The van der Waals surface area contributed by atoms with Gasteiger partial charge in [0.2, 0.25) is 5.91 Å². The smallest absolute Gasteiger partial charge is 0.224 e. The largest absolute Gasteiger partial charge is 0.396 e. The molecule has 0 spiro atoms. The van der Waals surface area contributed by atoms with Crippen LogP contribution in [0, 0.1) is 5.41 Å². The first-order valence-corrected chi connectivity index (χ1v) is 7.13. The van der Waals surface area contributed by atoms with Gasteiger partial charge in [-0.3, -0.25) is 4.79 Å². The summed E-state index contributed by atoms with van der Waals surface area (Å²) in [6, 6.07) is 7.33. The van der Waals surface area contributed by atoms with Gasteiger partial charge in [-0.25, -0.2) is 0 Å². The summed E-state index contributed by atoms with van der Waals surface area (Å²) in [6.45, 7) is 0.730. The summed E-state index contributed by atoms with van der Waals surface area (Å²) in [6.07, 6.45) is 4.62. The van der Waals surface area contributed by atoms with Crippen LogP contribution in [-0.4, -0.2) is 24.2 Å². The standard InChI is InChI=1S/C15H20ClNO2/c16-13-5-3-4-12(8-13)9-14(19)17-10-15(11-18)6-1-2-7-15/h3-5,8,18H,1-2,6-7,9-11H2,(H,17,19). The Hall–Kier alpha value is -1.06. The minimum absolute atomic E-state index is 0.0120. The Kier molecular flexibility index (Phi) is 4.83. The van der Waals surface area contributed by atoms with Crippen molar-refractivity contribution < 1.29 is 9.90 Å². The van der Waals surface area contributed by atoms with Crippen LogP contribution < -0.4 is 5.32 Å². The van der Waals surface area contributed by atoms with Crippen molar-refractivity contribution in [3.63, 3.8) is 0 Å². The first-order valence-electron chi connectivity index (χ1n) is 6.76. The number of nitrogens with one attached hydrogen (secondary N) is 1. The van der Waals surface area contributed by atoms with Crippen molar-refractivity contribution in [2.24, 2.45) is 5.41 Å². The number of carbonyl (C=O) groups is 1. The number of hydrogen-bond acceptors (Lipinski definition) is 2. The fraction of sp³-hybridized carbons (Fsp3) is 0.533. The molecule has 104 valence electrons. The van der Waals surface area contributed by atoms with Gasteiger partial charge in [0.1, 0.15) is 0 Å². The molecule has 0 saturated heterocycles. The molecule has 1 aromatic carbocycles. The minimum Gasteiger partial charge on any atom is -0.396 e. The normalized spacial score (nSPS) is 17.4. The summed E-state index contributed by atoms with van der Waals surface area (Å²) in [7, 11) is 0. The van der Waals surface area contributed by atoms with Crippen molar-refractivity contribution in [2.75, 3.05) is 13.2 Å². The number of hydrogen-bond donors (Lipinski definition) is 2. The molecule has 1 fully saturated rings. The maximum Gasteiger partial charge on any atom is 0.224 e. The van der Waals surface area contributed by atoms with Crippen molar-refractivity contribution in [3.8, 4) is 0 Å². The minimum atomic E-state index is -0.0933. The Morgan fingerprint density at radius 2 is 2.11 bits per heavy atom. The molecular formula is C15H20ClNO2. The van der Waals surface area contributed by atoms with E-state index in [9.17, 15) is 9.90 Å². The fourth-order valence-electron chi connectivity index (χ4n) is 2.70. The number of amides is 1. The molecule has 19 heavy (non-hydrogen) atoms. The van der Waals surface area contributed by atoms with Gasteiger partial charge in [-0.1, -0.05) is 36.6 Å². The molecule has 1 aliphatic carbocycles. The third kappa shape index (κ3) is 3.95. The highest BCUT2D eigenvalue weighted by molar-refractivity contribution is 6.30. The molecule has 0 radical (unpaired) electrons. The third-order valence-electron chi connectivity index (χ3n) is 3.91. The summed E-state index contributed by atoms with van der Waals surface area (Å²) in [5.74, 6) is -0.0120. The third-order valence-corrected chi connectivity index (χ3v) is 4.15. The van der Waals surface area contributed by atoms with Crippen LogP contribution in [0.1, 0.15) is 31.2 Å². The van der Waals surface area contributed by atoms with Gasteiger partial charge in [0.15, 0.2) is 0 Å². The van der Waals surface area contributed by atoms with Crippen LogP contribution in [0.15, 0.2) is 24.3 Å². The Balaban J connectivity index is 1.84. The maximum absolute atomic E-state index is 11.9. The van der Waals surface area contributed by atoms with Crippen molar-refractivity contribution >= 4 is 17.5 Å². The molecule has 2 N–H and O–H groups in total. The number of carbonyl (C=O) groups excluding carboxylic acids is 1. The monoisotopic (exact) mass is 281 g/mol. The van der Waals surface area contributed by atoms with E-state index >= 15 is 0 Å². The molecule has 1 amide bonds. The van der Waals surface area contributed by atoms with Gasteiger partial charge < -0.3 is 10.4 Å². The predicted molar refractivity (Wildman–Crippen MR) is 76.2 cm³/mol. The molecule has 1 aromatic rings. The van der Waals surface area contributed by atoms with Crippen molar-refractivity contribution in [1.29, 1.82) is 0 Å². The van der Waals surface area contributed by atoms with Crippen molar-refractivity contribution in [3.05, 3.63) is 34.9 Å². The predicted octanol–water partition coefficient (Wildman–Crippen LogP) is 2.55. The lowest BCUT2D eigenvalue weighted by Crippen LogP contribution is -2.38.